The van der Waals surface area contributed by atoms with Crippen LogP contribution in [0.1, 0.15) is 89.0 Å². The lowest BCUT2D eigenvalue weighted by Crippen LogP contribution is -2.30. The highest BCUT2D eigenvalue weighted by Gasteiger charge is 2.35. The van der Waals surface area contributed by atoms with E-state index in [-0.39, 0.29) is 5.75 Å². The Hall–Kier alpha value is -1.90. The summed E-state index contributed by atoms with van der Waals surface area (Å²) in [5.41, 5.74) is 2.77. The summed E-state index contributed by atoms with van der Waals surface area (Å²) in [5, 5.41) is 0. The van der Waals surface area contributed by atoms with Crippen LogP contribution in [0.3, 0.4) is 0 Å². The van der Waals surface area contributed by atoms with Crippen molar-refractivity contribution < 1.29 is 13.5 Å². The van der Waals surface area contributed by atoms with Crippen LogP contribution in [0.15, 0.2) is 36.4 Å². The standard InChI is InChI=1S/C29H38F2O/c1-3-4-5-6-7-20-8-9-25-17-24(15-14-23(25)16-20)21-10-12-22(13-11-21)26-18-27(30)29(32-2)28(31)19-26/h10-13,18-20,23-25H,3-9,14-17H2,1-2H3/t20?,23-,24-,25-/m1/s1. The van der Waals surface area contributed by atoms with E-state index < -0.39 is 11.6 Å². The summed E-state index contributed by atoms with van der Waals surface area (Å²) in [6, 6.07) is 11.1. The maximum atomic E-state index is 14.1. The first kappa shape index (κ1) is 23.3. The van der Waals surface area contributed by atoms with Gasteiger partial charge in [0.25, 0.3) is 0 Å². The smallest absolute Gasteiger partial charge is 0.190 e. The summed E-state index contributed by atoms with van der Waals surface area (Å²) in [6.07, 6.45) is 15.2. The Morgan fingerprint density at radius 3 is 2.19 bits per heavy atom. The Morgan fingerprint density at radius 2 is 1.50 bits per heavy atom. The van der Waals surface area contributed by atoms with Gasteiger partial charge in [-0.1, -0.05) is 69.7 Å². The van der Waals surface area contributed by atoms with Crippen molar-refractivity contribution in [2.75, 3.05) is 7.11 Å². The molecule has 0 amide bonds. The highest BCUT2D eigenvalue weighted by atomic mass is 19.1. The number of halogens is 2. The number of methoxy groups -OCH3 is 1. The average Bonchev–Trinajstić information content (AvgIpc) is 2.81. The molecular weight excluding hydrogens is 402 g/mol. The molecule has 32 heavy (non-hydrogen) atoms. The zero-order chi connectivity index (χ0) is 22.5. The van der Waals surface area contributed by atoms with E-state index in [2.05, 4.69) is 19.1 Å². The number of unbranched alkanes of at least 4 members (excludes halogenated alkanes) is 3. The van der Waals surface area contributed by atoms with Crippen molar-refractivity contribution in [2.45, 2.75) is 83.5 Å². The van der Waals surface area contributed by atoms with Crippen molar-refractivity contribution in [3.05, 3.63) is 53.6 Å². The number of benzene rings is 2. The van der Waals surface area contributed by atoms with Gasteiger partial charge in [0.2, 0.25) is 0 Å². The fourth-order valence-corrected chi connectivity index (χ4v) is 6.28. The van der Waals surface area contributed by atoms with E-state index in [9.17, 15) is 8.78 Å². The number of hydrogen-bond acceptors (Lipinski definition) is 1. The molecule has 2 fully saturated rings. The molecule has 2 aliphatic rings. The number of hydrogen-bond donors (Lipinski definition) is 0. The first-order valence-electron chi connectivity index (χ1n) is 12.7. The molecular formula is C29H38F2O. The summed E-state index contributed by atoms with van der Waals surface area (Å²) >= 11 is 0. The van der Waals surface area contributed by atoms with Crippen molar-refractivity contribution in [3.8, 4) is 16.9 Å². The Bertz CT molecular complexity index is 852. The minimum absolute atomic E-state index is 0.321. The number of fused-ring (bicyclic) bond motifs is 1. The molecule has 0 heterocycles. The lowest BCUT2D eigenvalue weighted by atomic mass is 9.63. The largest absolute Gasteiger partial charge is 0.491 e. The molecule has 174 valence electrons. The molecule has 2 aliphatic carbocycles. The fraction of sp³-hybridized carbons (Fsp3) is 0.586. The molecule has 2 aromatic rings. The maximum Gasteiger partial charge on any atom is 0.190 e. The van der Waals surface area contributed by atoms with Crippen LogP contribution in [0.4, 0.5) is 8.78 Å². The van der Waals surface area contributed by atoms with Crippen LogP contribution < -0.4 is 4.74 Å². The minimum atomic E-state index is -0.661. The van der Waals surface area contributed by atoms with Gasteiger partial charge in [-0.3, -0.25) is 0 Å². The van der Waals surface area contributed by atoms with Crippen molar-refractivity contribution in [1.82, 2.24) is 0 Å². The van der Waals surface area contributed by atoms with Gasteiger partial charge in [0.15, 0.2) is 17.4 Å². The normalized spacial score (nSPS) is 25.4. The summed E-state index contributed by atoms with van der Waals surface area (Å²) < 4.78 is 33.0. The van der Waals surface area contributed by atoms with Crippen LogP contribution in [0.5, 0.6) is 5.75 Å². The van der Waals surface area contributed by atoms with Gasteiger partial charge < -0.3 is 4.74 Å². The van der Waals surface area contributed by atoms with Crippen LogP contribution in [-0.4, -0.2) is 7.11 Å². The Kier molecular flexibility index (Phi) is 7.86. The SMILES string of the molecule is CCCCCCC1CC[C@@H]2C[C@H](c3ccc(-c4cc(F)c(OC)c(F)c4)cc3)CC[C@@H]2C1. The third-order valence-electron chi connectivity index (χ3n) is 8.11. The molecule has 1 nitrogen and oxygen atoms in total. The number of ether oxygens (including phenoxy) is 1. The highest BCUT2D eigenvalue weighted by Crippen LogP contribution is 2.48. The van der Waals surface area contributed by atoms with Gasteiger partial charge in [0.05, 0.1) is 7.11 Å². The van der Waals surface area contributed by atoms with E-state index in [0.29, 0.717) is 11.5 Å². The molecule has 4 atom stereocenters. The van der Waals surface area contributed by atoms with Gasteiger partial charge in [-0.15, -0.1) is 0 Å². The van der Waals surface area contributed by atoms with Crippen molar-refractivity contribution in [2.24, 2.45) is 17.8 Å². The summed E-state index contributed by atoms with van der Waals surface area (Å²) in [4.78, 5) is 0. The highest BCUT2D eigenvalue weighted by molar-refractivity contribution is 5.65. The fourth-order valence-electron chi connectivity index (χ4n) is 6.28. The molecule has 0 saturated heterocycles. The lowest BCUT2D eigenvalue weighted by molar-refractivity contribution is 0.113. The van der Waals surface area contributed by atoms with E-state index >= 15 is 0 Å². The van der Waals surface area contributed by atoms with E-state index in [1.54, 1.807) is 0 Å². The second-order valence-corrected chi connectivity index (χ2v) is 10.2. The quantitative estimate of drug-likeness (QED) is 0.372. The monoisotopic (exact) mass is 440 g/mol. The topological polar surface area (TPSA) is 9.23 Å². The Labute approximate surface area is 192 Å². The van der Waals surface area contributed by atoms with Crippen molar-refractivity contribution >= 4 is 0 Å². The molecule has 0 bridgehead atoms. The second-order valence-electron chi connectivity index (χ2n) is 10.2. The third kappa shape index (κ3) is 5.35. The first-order chi connectivity index (χ1) is 15.6. The molecule has 0 aliphatic heterocycles. The van der Waals surface area contributed by atoms with Gasteiger partial charge in [-0.25, -0.2) is 8.78 Å². The third-order valence-corrected chi connectivity index (χ3v) is 8.11. The molecule has 0 aromatic heterocycles. The van der Waals surface area contributed by atoms with E-state index in [0.717, 1.165) is 23.3 Å². The second kappa shape index (κ2) is 10.8. The number of rotatable bonds is 8. The predicted molar refractivity (Wildman–Crippen MR) is 128 cm³/mol. The van der Waals surface area contributed by atoms with E-state index in [4.69, 9.17) is 4.74 Å². The first-order valence-corrected chi connectivity index (χ1v) is 12.7. The lowest BCUT2D eigenvalue weighted by Gasteiger charge is -2.42. The molecule has 3 heteroatoms. The zero-order valence-electron chi connectivity index (χ0n) is 19.7. The van der Waals surface area contributed by atoms with Gasteiger partial charge >= 0.3 is 0 Å². The molecule has 4 rings (SSSR count). The Balaban J connectivity index is 1.34. The van der Waals surface area contributed by atoms with Gasteiger partial charge in [-0.2, -0.15) is 0 Å². The van der Waals surface area contributed by atoms with Crippen LogP contribution in [-0.2, 0) is 0 Å². The summed E-state index contributed by atoms with van der Waals surface area (Å²) in [5.74, 6) is 1.75. The Morgan fingerprint density at radius 1 is 0.812 bits per heavy atom. The molecule has 0 N–H and O–H groups in total. The minimum Gasteiger partial charge on any atom is -0.491 e. The van der Waals surface area contributed by atoms with E-state index in [1.807, 2.05) is 12.1 Å². The van der Waals surface area contributed by atoms with Crippen LogP contribution in [0, 0.1) is 29.4 Å². The maximum absolute atomic E-state index is 14.1. The van der Waals surface area contributed by atoms with Crippen molar-refractivity contribution in [3.63, 3.8) is 0 Å². The summed E-state index contributed by atoms with van der Waals surface area (Å²) in [7, 11) is 1.28. The van der Waals surface area contributed by atoms with Crippen LogP contribution >= 0.6 is 0 Å². The molecule has 0 spiro atoms. The zero-order valence-corrected chi connectivity index (χ0v) is 19.7. The van der Waals surface area contributed by atoms with E-state index in [1.165, 1.54) is 95.4 Å². The summed E-state index contributed by atoms with van der Waals surface area (Å²) in [6.45, 7) is 2.29. The molecule has 0 radical (unpaired) electrons. The molecule has 2 saturated carbocycles. The van der Waals surface area contributed by atoms with Gasteiger partial charge in [0.1, 0.15) is 0 Å². The molecule has 2 aromatic carbocycles. The van der Waals surface area contributed by atoms with Crippen LogP contribution in [0.25, 0.3) is 11.1 Å². The average molecular weight is 441 g/mol. The van der Waals surface area contributed by atoms with Crippen molar-refractivity contribution in [1.29, 1.82) is 0 Å². The van der Waals surface area contributed by atoms with Gasteiger partial charge in [0, 0.05) is 0 Å². The predicted octanol–water partition coefficient (Wildman–Crippen LogP) is 8.91. The molecule has 1 unspecified atom stereocenters. The van der Waals surface area contributed by atoms with Crippen LogP contribution in [0.2, 0.25) is 0 Å². The van der Waals surface area contributed by atoms with Gasteiger partial charge in [-0.05, 0) is 84.6 Å².